The quantitative estimate of drug-likeness (QED) is 0.0579. The first kappa shape index (κ1) is 50.5. The fraction of sp³-hybridized carbons (Fsp3) is 0. The lowest BCUT2D eigenvalue weighted by Crippen LogP contribution is -2.24. The molecule has 0 saturated heterocycles. The topological polar surface area (TPSA) is 134 Å². The summed E-state index contributed by atoms with van der Waals surface area (Å²) in [6, 6.07) is 87.7. The highest BCUT2D eigenvalue weighted by atomic mass is 16.2. The van der Waals surface area contributed by atoms with E-state index < -0.39 is 17.7 Å². The summed E-state index contributed by atoms with van der Waals surface area (Å²) in [6.45, 7) is 0. The molecule has 3 amide bonds. The van der Waals surface area contributed by atoms with E-state index in [1.807, 2.05) is 255 Å². The van der Waals surface area contributed by atoms with E-state index in [2.05, 4.69) is 46.3 Å². The van der Waals surface area contributed by atoms with Crippen LogP contribution in [-0.2, 0) is 0 Å². The van der Waals surface area contributed by atoms with Crippen LogP contribution in [0.3, 0.4) is 0 Å². The molecule has 0 aliphatic rings. The van der Waals surface area contributed by atoms with Crippen LogP contribution in [0, 0.1) is 0 Å². The van der Waals surface area contributed by atoms with Gasteiger partial charge in [0.05, 0.1) is 18.6 Å². The first-order valence-electron chi connectivity index (χ1n) is 25.1. The molecule has 10 aromatic carbocycles. The first-order chi connectivity index (χ1) is 38.4. The monoisotopic (exact) mass is 1020 g/mol. The van der Waals surface area contributed by atoms with Crippen LogP contribution in [-0.4, -0.2) is 36.4 Å². The Morgan fingerprint density at radius 2 is 0.436 bits per heavy atom. The summed E-state index contributed by atoms with van der Waals surface area (Å²) < 4.78 is 0. The molecule has 0 saturated carbocycles. The van der Waals surface area contributed by atoms with Crippen LogP contribution in [0.5, 0.6) is 0 Å². The van der Waals surface area contributed by atoms with Crippen molar-refractivity contribution in [3.8, 4) is 0 Å². The highest BCUT2D eigenvalue weighted by Crippen LogP contribution is 2.37. The molecule has 378 valence electrons. The number of carbonyl (C=O) groups is 3. The molecule has 0 radical (unpaired) electrons. The number of benzene rings is 10. The molecule has 0 aromatic heterocycles. The molecule has 0 spiro atoms. The van der Waals surface area contributed by atoms with Gasteiger partial charge < -0.3 is 14.7 Å². The normalized spacial score (nSPS) is 11.1. The van der Waals surface area contributed by atoms with Crippen molar-refractivity contribution in [1.29, 1.82) is 0 Å². The maximum Gasteiger partial charge on any atom is 0.271 e. The Hall–Kier alpha value is -11.0. The Labute approximate surface area is 452 Å². The highest BCUT2D eigenvalue weighted by Gasteiger charge is 2.18. The third-order valence-electron chi connectivity index (χ3n) is 12.4. The molecule has 10 aromatic rings. The first-order valence-corrected chi connectivity index (χ1v) is 25.1. The molecule has 0 aliphatic heterocycles. The van der Waals surface area contributed by atoms with Gasteiger partial charge >= 0.3 is 0 Å². The zero-order chi connectivity index (χ0) is 53.3. The minimum Gasteiger partial charge on any atom is -0.311 e. The van der Waals surface area contributed by atoms with Gasteiger partial charge in [-0.3, -0.25) is 14.4 Å². The average molecular weight is 1020 g/mol. The van der Waals surface area contributed by atoms with Gasteiger partial charge in [-0.15, -0.1) is 0 Å². The summed E-state index contributed by atoms with van der Waals surface area (Å²) in [7, 11) is 0. The van der Waals surface area contributed by atoms with E-state index in [-0.39, 0.29) is 16.7 Å². The van der Waals surface area contributed by atoms with Crippen LogP contribution >= 0.6 is 0 Å². The Bertz CT molecular complexity index is 3160. The Morgan fingerprint density at radius 1 is 0.256 bits per heavy atom. The highest BCUT2D eigenvalue weighted by molar-refractivity contribution is 6.05. The number of carbonyl (C=O) groups excluding carboxylic acids is 3. The van der Waals surface area contributed by atoms with E-state index >= 15 is 0 Å². The SMILES string of the molecule is O=C(N/N=C/c1ccc(N(c2ccccc2)c2ccccc2)cc1)c1cc(C(=O)N/N=C/c2ccc(N(c3ccccc3)c3ccccc3)cc2)cc(C(=O)N/N=C/c2ccc(N(c3ccccc3)c3ccccc3)cc2)c1. The zero-order valence-corrected chi connectivity index (χ0v) is 42.1. The van der Waals surface area contributed by atoms with Gasteiger partial charge in [0.25, 0.3) is 17.7 Å². The molecule has 0 bridgehead atoms. The fourth-order valence-electron chi connectivity index (χ4n) is 8.64. The number of nitrogens with zero attached hydrogens (tertiary/aromatic N) is 6. The molecule has 3 N–H and O–H groups in total. The summed E-state index contributed by atoms with van der Waals surface area (Å²) in [5, 5.41) is 12.7. The Morgan fingerprint density at radius 3 is 0.628 bits per heavy atom. The molecule has 0 fully saturated rings. The zero-order valence-electron chi connectivity index (χ0n) is 42.1. The third-order valence-corrected chi connectivity index (χ3v) is 12.4. The van der Waals surface area contributed by atoms with E-state index in [0.29, 0.717) is 0 Å². The summed E-state index contributed by atoms with van der Waals surface area (Å²) in [5.74, 6) is -1.96. The number of para-hydroxylation sites is 6. The number of anilines is 9. The van der Waals surface area contributed by atoms with Gasteiger partial charge in [-0.1, -0.05) is 146 Å². The summed E-state index contributed by atoms with van der Waals surface area (Å²) in [6.07, 6.45) is 4.56. The predicted molar refractivity (Wildman–Crippen MR) is 315 cm³/mol. The lowest BCUT2D eigenvalue weighted by atomic mass is 10.0. The maximum atomic E-state index is 13.8. The fourth-order valence-corrected chi connectivity index (χ4v) is 8.64. The van der Waals surface area contributed by atoms with Crippen LogP contribution in [0.1, 0.15) is 47.8 Å². The largest absolute Gasteiger partial charge is 0.311 e. The second-order valence-corrected chi connectivity index (χ2v) is 17.7. The van der Waals surface area contributed by atoms with Gasteiger partial charge in [-0.2, -0.15) is 15.3 Å². The smallest absolute Gasteiger partial charge is 0.271 e. The minimum absolute atomic E-state index is 0.00331. The van der Waals surface area contributed by atoms with Gasteiger partial charge in [0.15, 0.2) is 0 Å². The lowest BCUT2D eigenvalue weighted by molar-refractivity contribution is 0.0954. The average Bonchev–Trinajstić information content (AvgIpc) is 3.50. The van der Waals surface area contributed by atoms with Crippen molar-refractivity contribution in [2.24, 2.45) is 15.3 Å². The van der Waals surface area contributed by atoms with Crippen molar-refractivity contribution < 1.29 is 14.4 Å². The van der Waals surface area contributed by atoms with E-state index in [9.17, 15) is 14.4 Å². The number of amides is 3. The third kappa shape index (κ3) is 12.7. The molecule has 12 nitrogen and oxygen atoms in total. The summed E-state index contributed by atoms with van der Waals surface area (Å²) in [5.41, 5.74) is 18.7. The van der Waals surface area contributed by atoms with Crippen LogP contribution in [0.4, 0.5) is 51.2 Å². The molecule has 78 heavy (non-hydrogen) atoms. The molecule has 12 heteroatoms. The number of hydrazone groups is 3. The molecular weight excluding hydrogens is 967 g/mol. The number of hydrogen-bond acceptors (Lipinski definition) is 9. The summed E-state index contributed by atoms with van der Waals surface area (Å²) in [4.78, 5) is 47.8. The number of hydrogen-bond donors (Lipinski definition) is 3. The van der Waals surface area contributed by atoms with E-state index in [0.717, 1.165) is 67.9 Å². The van der Waals surface area contributed by atoms with Gasteiger partial charge in [-0.05, 0) is 144 Å². The van der Waals surface area contributed by atoms with Crippen LogP contribution in [0.2, 0.25) is 0 Å². The Kier molecular flexibility index (Phi) is 16.1. The van der Waals surface area contributed by atoms with E-state index in [1.54, 1.807) is 0 Å². The van der Waals surface area contributed by atoms with Crippen LogP contribution in [0.25, 0.3) is 0 Å². The molecule has 0 heterocycles. The number of nitrogens with one attached hydrogen (secondary N) is 3. The second-order valence-electron chi connectivity index (χ2n) is 17.7. The van der Waals surface area contributed by atoms with Crippen molar-refractivity contribution in [3.63, 3.8) is 0 Å². The van der Waals surface area contributed by atoms with Crippen molar-refractivity contribution in [2.75, 3.05) is 14.7 Å². The lowest BCUT2D eigenvalue weighted by Gasteiger charge is -2.25. The minimum atomic E-state index is -0.654. The second kappa shape index (κ2) is 24.8. The van der Waals surface area contributed by atoms with Crippen LogP contribution in [0.15, 0.2) is 288 Å². The summed E-state index contributed by atoms with van der Waals surface area (Å²) >= 11 is 0. The van der Waals surface area contributed by atoms with E-state index in [1.165, 1.54) is 36.8 Å². The van der Waals surface area contributed by atoms with Gasteiger partial charge in [-0.25, -0.2) is 16.3 Å². The van der Waals surface area contributed by atoms with Crippen molar-refractivity contribution >= 4 is 87.6 Å². The van der Waals surface area contributed by atoms with Crippen molar-refractivity contribution in [2.45, 2.75) is 0 Å². The molecule has 0 atom stereocenters. The van der Waals surface area contributed by atoms with Crippen LogP contribution < -0.4 is 31.0 Å². The molecular formula is C66H51N9O3. The molecule has 10 rings (SSSR count). The van der Waals surface area contributed by atoms with Gasteiger partial charge in [0, 0.05) is 67.9 Å². The van der Waals surface area contributed by atoms with Gasteiger partial charge in [0.1, 0.15) is 0 Å². The standard InChI is InChI=1S/C66H51N9O3/c76-64(70-67-46-49-31-37-61(38-32-49)73(55-19-7-1-8-20-55)56-21-9-2-10-22-56)52-43-53(65(77)71-68-47-50-33-39-62(40-34-50)74(57-23-11-3-12-24-57)58-25-13-4-14-26-58)45-54(44-52)66(78)72-69-48-51-35-41-63(42-36-51)75(59-27-15-5-16-28-59)60-29-17-6-18-30-60/h1-48H,(H,70,76)(H,71,77)(H,72,78)/b67-46+,68-47+,69-48+. The Balaban J connectivity index is 0.855. The molecule has 0 unspecified atom stereocenters. The maximum absolute atomic E-state index is 13.8. The predicted octanol–water partition coefficient (Wildman–Crippen LogP) is 14.4. The van der Waals surface area contributed by atoms with Gasteiger partial charge in [0.2, 0.25) is 0 Å². The number of rotatable bonds is 18. The van der Waals surface area contributed by atoms with Crippen molar-refractivity contribution in [1.82, 2.24) is 16.3 Å². The van der Waals surface area contributed by atoms with Crippen molar-refractivity contribution in [3.05, 3.63) is 306 Å². The molecule has 0 aliphatic carbocycles. The van der Waals surface area contributed by atoms with E-state index in [4.69, 9.17) is 0 Å².